The molecule has 0 saturated carbocycles. The zero-order valence-electron chi connectivity index (χ0n) is 13.4. The number of nitrogens with zero attached hydrogens (tertiary/aromatic N) is 2. The van der Waals surface area contributed by atoms with Gasteiger partial charge in [0.1, 0.15) is 17.2 Å². The second-order valence-corrected chi connectivity index (χ2v) is 6.49. The van der Waals surface area contributed by atoms with Crippen LogP contribution in [-0.4, -0.2) is 16.2 Å². The van der Waals surface area contributed by atoms with Crippen molar-refractivity contribution in [3.63, 3.8) is 0 Å². The molecule has 23 heavy (non-hydrogen) atoms. The van der Waals surface area contributed by atoms with Gasteiger partial charge in [0.15, 0.2) is 0 Å². The zero-order chi connectivity index (χ0) is 16.2. The number of fused-ring (bicyclic) bond motifs is 1. The van der Waals surface area contributed by atoms with Crippen molar-refractivity contribution in [1.29, 1.82) is 0 Å². The molecule has 0 fully saturated rings. The van der Waals surface area contributed by atoms with Crippen molar-refractivity contribution in [1.82, 2.24) is 9.55 Å². The predicted molar refractivity (Wildman–Crippen MR) is 94.6 cm³/mol. The van der Waals surface area contributed by atoms with E-state index in [2.05, 4.69) is 24.9 Å². The van der Waals surface area contributed by atoms with E-state index in [4.69, 9.17) is 4.74 Å². The Kier molecular flexibility index (Phi) is 4.76. The Morgan fingerprint density at radius 2 is 2.09 bits per heavy atom. The van der Waals surface area contributed by atoms with Crippen molar-refractivity contribution in [2.45, 2.75) is 33.2 Å². The fourth-order valence-electron chi connectivity index (χ4n) is 2.46. The Labute approximate surface area is 139 Å². The lowest BCUT2D eigenvalue weighted by Gasteiger charge is -2.09. The molecule has 0 aliphatic carbocycles. The smallest absolute Gasteiger partial charge is 0.262 e. The first kappa shape index (κ1) is 15.7. The van der Waals surface area contributed by atoms with Gasteiger partial charge in [-0.05, 0) is 36.6 Å². The Hall–Kier alpha value is -2.14. The van der Waals surface area contributed by atoms with E-state index < -0.39 is 0 Å². The van der Waals surface area contributed by atoms with Crippen molar-refractivity contribution in [3.05, 3.63) is 57.5 Å². The van der Waals surface area contributed by atoms with Crippen LogP contribution in [0.1, 0.15) is 24.3 Å². The molecule has 0 unspecified atom stereocenters. The van der Waals surface area contributed by atoms with Crippen LogP contribution < -0.4 is 10.3 Å². The van der Waals surface area contributed by atoms with Gasteiger partial charge in [0.05, 0.1) is 18.3 Å². The van der Waals surface area contributed by atoms with Gasteiger partial charge in [-0.3, -0.25) is 9.36 Å². The molecule has 4 nitrogen and oxygen atoms in total. The molecule has 2 heterocycles. The highest BCUT2D eigenvalue weighted by Crippen LogP contribution is 2.21. The maximum atomic E-state index is 12.5. The van der Waals surface area contributed by atoms with Crippen LogP contribution >= 0.6 is 11.3 Å². The average Bonchev–Trinajstić information content (AvgIpc) is 3.01. The van der Waals surface area contributed by atoms with Crippen molar-refractivity contribution in [2.75, 3.05) is 6.61 Å². The van der Waals surface area contributed by atoms with E-state index in [1.54, 1.807) is 22.2 Å². The van der Waals surface area contributed by atoms with Gasteiger partial charge in [-0.2, -0.15) is 0 Å². The first-order valence-corrected chi connectivity index (χ1v) is 8.72. The van der Waals surface area contributed by atoms with Gasteiger partial charge in [0.25, 0.3) is 5.56 Å². The predicted octanol–water partition coefficient (Wildman–Crippen LogP) is 3.66. The van der Waals surface area contributed by atoms with Gasteiger partial charge in [0, 0.05) is 4.88 Å². The Morgan fingerprint density at radius 1 is 1.22 bits per heavy atom. The molecule has 0 aliphatic rings. The van der Waals surface area contributed by atoms with Gasteiger partial charge in [-0.15, -0.1) is 11.3 Å². The zero-order valence-corrected chi connectivity index (χ0v) is 14.2. The average molecular weight is 328 g/mol. The lowest BCUT2D eigenvalue weighted by Crippen LogP contribution is -2.23. The normalized spacial score (nSPS) is 11.0. The number of hydrogen-bond donors (Lipinski definition) is 0. The van der Waals surface area contributed by atoms with Crippen LogP contribution in [0.4, 0.5) is 0 Å². The molecule has 0 atom stereocenters. The molecule has 120 valence electrons. The van der Waals surface area contributed by atoms with E-state index in [-0.39, 0.29) is 5.56 Å². The maximum Gasteiger partial charge on any atom is 0.262 e. The number of benzene rings is 1. The van der Waals surface area contributed by atoms with E-state index >= 15 is 0 Å². The monoisotopic (exact) mass is 328 g/mol. The van der Waals surface area contributed by atoms with Crippen LogP contribution in [0, 0.1) is 0 Å². The fraction of sp³-hybridized carbons (Fsp3) is 0.333. The first-order valence-electron chi connectivity index (χ1n) is 7.91. The van der Waals surface area contributed by atoms with Crippen LogP contribution in [0.5, 0.6) is 5.75 Å². The number of aryl methyl sites for hydroxylation is 2. The van der Waals surface area contributed by atoms with Crippen LogP contribution in [-0.2, 0) is 19.4 Å². The standard InChI is InChI=1S/C18H20N2O2S/c1-3-13-6-5-7-14(10-13)22-9-8-20-12-19-17-16(18(20)21)11-15(4-2)23-17/h5-7,10-12H,3-4,8-9H2,1-2H3. The maximum absolute atomic E-state index is 12.5. The van der Waals surface area contributed by atoms with Crippen LogP contribution in [0.3, 0.4) is 0 Å². The minimum absolute atomic E-state index is 0.0110. The molecule has 2 aromatic heterocycles. The first-order chi connectivity index (χ1) is 11.2. The highest BCUT2D eigenvalue weighted by molar-refractivity contribution is 7.18. The molecule has 0 bridgehead atoms. The van der Waals surface area contributed by atoms with Crippen LogP contribution in [0.15, 0.2) is 41.5 Å². The van der Waals surface area contributed by atoms with E-state index in [1.165, 1.54) is 10.4 Å². The summed E-state index contributed by atoms with van der Waals surface area (Å²) >= 11 is 1.59. The largest absolute Gasteiger partial charge is 0.492 e. The second-order valence-electron chi connectivity index (χ2n) is 5.38. The second kappa shape index (κ2) is 6.96. The van der Waals surface area contributed by atoms with Crippen molar-refractivity contribution in [2.24, 2.45) is 0 Å². The lowest BCUT2D eigenvalue weighted by molar-refractivity contribution is 0.296. The van der Waals surface area contributed by atoms with Crippen molar-refractivity contribution >= 4 is 21.6 Å². The fourth-order valence-corrected chi connectivity index (χ4v) is 3.39. The van der Waals surface area contributed by atoms with Crippen LogP contribution in [0.25, 0.3) is 10.2 Å². The molecule has 5 heteroatoms. The Morgan fingerprint density at radius 3 is 2.87 bits per heavy atom. The van der Waals surface area contributed by atoms with Gasteiger partial charge in [0.2, 0.25) is 0 Å². The quantitative estimate of drug-likeness (QED) is 0.693. The molecular formula is C18H20N2O2S. The van der Waals surface area contributed by atoms with Crippen molar-refractivity contribution < 1.29 is 4.74 Å². The number of aromatic nitrogens is 2. The molecule has 0 saturated heterocycles. The molecule has 3 rings (SSSR count). The molecule has 0 radical (unpaired) electrons. The third kappa shape index (κ3) is 3.45. The summed E-state index contributed by atoms with van der Waals surface area (Å²) < 4.78 is 7.38. The lowest BCUT2D eigenvalue weighted by atomic mass is 10.2. The summed E-state index contributed by atoms with van der Waals surface area (Å²) in [5, 5.41) is 0.710. The third-order valence-corrected chi connectivity index (χ3v) is 5.01. The van der Waals surface area contributed by atoms with E-state index in [0.717, 1.165) is 23.4 Å². The molecule has 0 amide bonds. The Balaban J connectivity index is 1.71. The minimum Gasteiger partial charge on any atom is -0.492 e. The number of ether oxygens (including phenoxy) is 1. The summed E-state index contributed by atoms with van der Waals surface area (Å²) in [6.07, 6.45) is 3.53. The third-order valence-electron chi connectivity index (χ3n) is 3.83. The summed E-state index contributed by atoms with van der Waals surface area (Å²) in [6, 6.07) is 10.0. The van der Waals surface area contributed by atoms with E-state index in [9.17, 15) is 4.79 Å². The summed E-state index contributed by atoms with van der Waals surface area (Å²) in [4.78, 5) is 18.9. The highest BCUT2D eigenvalue weighted by atomic mass is 32.1. The minimum atomic E-state index is 0.0110. The van der Waals surface area contributed by atoms with Gasteiger partial charge in [-0.1, -0.05) is 26.0 Å². The molecule has 3 aromatic rings. The summed E-state index contributed by atoms with van der Waals surface area (Å²) in [5.74, 6) is 0.843. The number of hydrogen-bond acceptors (Lipinski definition) is 4. The van der Waals surface area contributed by atoms with Gasteiger partial charge in [-0.25, -0.2) is 4.98 Å². The number of rotatable bonds is 6. The molecule has 0 spiro atoms. The summed E-state index contributed by atoms with van der Waals surface area (Å²) in [6.45, 7) is 5.15. The van der Waals surface area contributed by atoms with Gasteiger partial charge >= 0.3 is 0 Å². The van der Waals surface area contributed by atoms with Gasteiger partial charge < -0.3 is 4.74 Å². The summed E-state index contributed by atoms with van der Waals surface area (Å²) in [5.41, 5.74) is 1.25. The van der Waals surface area contributed by atoms with E-state index in [1.807, 2.05) is 24.3 Å². The highest BCUT2D eigenvalue weighted by Gasteiger charge is 2.08. The van der Waals surface area contributed by atoms with Crippen LogP contribution in [0.2, 0.25) is 0 Å². The molecular weight excluding hydrogens is 308 g/mol. The van der Waals surface area contributed by atoms with E-state index in [0.29, 0.717) is 18.5 Å². The molecule has 1 aromatic carbocycles. The topological polar surface area (TPSA) is 44.1 Å². The number of thiophene rings is 1. The van der Waals surface area contributed by atoms with Crippen molar-refractivity contribution in [3.8, 4) is 5.75 Å². The Bertz CT molecular complexity index is 867. The SMILES string of the molecule is CCc1cccc(OCCn2cnc3sc(CC)cc3c2=O)c1. The molecule has 0 aliphatic heterocycles. The summed E-state index contributed by atoms with van der Waals surface area (Å²) in [7, 11) is 0. The molecule has 0 N–H and O–H groups in total.